The SMILES string of the molecule is [CH2]CN(C)C(CS)CCCCC/C=C\CCCCCCCC. The molecule has 1 atom stereocenters. The Bertz CT molecular complexity index is 240. The van der Waals surface area contributed by atoms with Crippen LogP contribution in [0.15, 0.2) is 12.2 Å². The first-order chi connectivity index (χ1) is 10.8. The molecule has 0 saturated carbocycles. The molecule has 0 aliphatic heterocycles. The van der Waals surface area contributed by atoms with Gasteiger partial charge in [-0.15, -0.1) is 0 Å². The third-order valence-corrected chi connectivity index (χ3v) is 4.91. The third kappa shape index (κ3) is 13.7. The molecule has 2 heteroatoms. The molecule has 0 rings (SSSR count). The number of rotatable bonds is 16. The van der Waals surface area contributed by atoms with E-state index in [4.69, 9.17) is 0 Å². The summed E-state index contributed by atoms with van der Waals surface area (Å²) in [7, 11) is 2.15. The number of nitrogens with zero attached hydrogens (tertiary/aromatic N) is 1. The van der Waals surface area contributed by atoms with E-state index < -0.39 is 0 Å². The van der Waals surface area contributed by atoms with E-state index in [0.29, 0.717) is 6.04 Å². The summed E-state index contributed by atoms with van der Waals surface area (Å²) in [5, 5.41) is 0. The van der Waals surface area contributed by atoms with Gasteiger partial charge in [0, 0.05) is 11.8 Å². The standard InChI is InChI=1S/C20H40NS/c1-4-6-7-8-9-10-11-12-13-14-15-16-17-18-20(19-22)21(3)5-2/h12-13,20,22H,2,4-11,14-19H2,1,3H3/b13-12-. The largest absolute Gasteiger partial charge is 0.303 e. The van der Waals surface area contributed by atoms with Crippen LogP contribution in [0.25, 0.3) is 0 Å². The molecule has 22 heavy (non-hydrogen) atoms. The lowest BCUT2D eigenvalue weighted by Crippen LogP contribution is -2.33. The molecule has 0 spiro atoms. The molecule has 1 radical (unpaired) electrons. The summed E-state index contributed by atoms with van der Waals surface area (Å²) in [5.74, 6) is 0.949. The molecule has 0 saturated heterocycles. The van der Waals surface area contributed by atoms with Gasteiger partial charge in [-0.2, -0.15) is 12.6 Å². The topological polar surface area (TPSA) is 3.24 Å². The highest BCUT2D eigenvalue weighted by Crippen LogP contribution is 2.12. The molecule has 1 unspecified atom stereocenters. The summed E-state index contributed by atoms with van der Waals surface area (Å²) in [4.78, 5) is 2.31. The summed E-state index contributed by atoms with van der Waals surface area (Å²) in [6, 6.07) is 0.601. The Morgan fingerprint density at radius 3 is 2.00 bits per heavy atom. The van der Waals surface area contributed by atoms with Gasteiger partial charge in [-0.3, -0.25) is 0 Å². The molecule has 0 aromatic rings. The zero-order chi connectivity index (χ0) is 16.5. The summed E-state index contributed by atoms with van der Waals surface area (Å²) in [6.07, 6.45) is 21.0. The number of allylic oxidation sites excluding steroid dienone is 2. The predicted octanol–water partition coefficient (Wildman–Crippen LogP) is 6.31. The third-order valence-electron chi connectivity index (χ3n) is 4.49. The first kappa shape index (κ1) is 22.1. The Kier molecular flexibility index (Phi) is 17.4. The molecular weight excluding hydrogens is 286 g/mol. The fourth-order valence-corrected chi connectivity index (χ4v) is 3.19. The van der Waals surface area contributed by atoms with Crippen molar-refractivity contribution in [2.45, 2.75) is 90.0 Å². The van der Waals surface area contributed by atoms with Crippen LogP contribution in [0.2, 0.25) is 0 Å². The zero-order valence-electron chi connectivity index (χ0n) is 15.2. The Hall–Kier alpha value is 0.0500. The van der Waals surface area contributed by atoms with E-state index in [1.807, 2.05) is 0 Å². The van der Waals surface area contributed by atoms with Crippen molar-refractivity contribution >= 4 is 12.6 Å². The van der Waals surface area contributed by atoms with E-state index in [0.717, 1.165) is 12.3 Å². The Balaban J connectivity index is 3.33. The van der Waals surface area contributed by atoms with Crippen LogP contribution in [0.4, 0.5) is 0 Å². The summed E-state index contributed by atoms with van der Waals surface area (Å²) >= 11 is 4.45. The van der Waals surface area contributed by atoms with Crippen LogP contribution in [0.1, 0.15) is 84.0 Å². The van der Waals surface area contributed by atoms with Gasteiger partial charge in [0.1, 0.15) is 0 Å². The van der Waals surface area contributed by atoms with Crippen molar-refractivity contribution < 1.29 is 0 Å². The number of hydrogen-bond acceptors (Lipinski definition) is 2. The molecule has 0 heterocycles. The highest BCUT2D eigenvalue weighted by Gasteiger charge is 2.10. The molecule has 0 N–H and O–H groups in total. The molecule has 0 aliphatic rings. The van der Waals surface area contributed by atoms with Gasteiger partial charge in [0.15, 0.2) is 0 Å². The monoisotopic (exact) mass is 326 g/mol. The van der Waals surface area contributed by atoms with Gasteiger partial charge in [0.25, 0.3) is 0 Å². The van der Waals surface area contributed by atoms with Crippen molar-refractivity contribution in [1.82, 2.24) is 4.90 Å². The smallest absolute Gasteiger partial charge is 0.0180 e. The molecule has 0 aliphatic carbocycles. The first-order valence-electron chi connectivity index (χ1n) is 9.51. The lowest BCUT2D eigenvalue weighted by atomic mass is 10.1. The lowest BCUT2D eigenvalue weighted by Gasteiger charge is -2.25. The van der Waals surface area contributed by atoms with E-state index in [2.05, 4.69) is 50.6 Å². The van der Waals surface area contributed by atoms with Crippen LogP contribution in [0.3, 0.4) is 0 Å². The van der Waals surface area contributed by atoms with Crippen LogP contribution in [-0.2, 0) is 0 Å². The molecule has 131 valence electrons. The average Bonchev–Trinajstić information content (AvgIpc) is 2.54. The van der Waals surface area contributed by atoms with Crippen LogP contribution >= 0.6 is 12.6 Å². The fourth-order valence-electron chi connectivity index (χ4n) is 2.73. The van der Waals surface area contributed by atoms with Crippen molar-refractivity contribution in [3.8, 4) is 0 Å². The van der Waals surface area contributed by atoms with Gasteiger partial charge in [-0.1, -0.05) is 64.0 Å². The highest BCUT2D eigenvalue weighted by atomic mass is 32.1. The van der Waals surface area contributed by atoms with Crippen molar-refractivity contribution in [3.05, 3.63) is 19.1 Å². The van der Waals surface area contributed by atoms with Crippen LogP contribution in [-0.4, -0.2) is 30.3 Å². The van der Waals surface area contributed by atoms with Crippen LogP contribution in [0, 0.1) is 6.92 Å². The minimum absolute atomic E-state index is 0.601. The molecule has 0 bridgehead atoms. The molecule has 0 fully saturated rings. The second-order valence-corrected chi connectivity index (χ2v) is 6.85. The Morgan fingerprint density at radius 1 is 0.909 bits per heavy atom. The van der Waals surface area contributed by atoms with E-state index >= 15 is 0 Å². The molecule has 0 aromatic heterocycles. The van der Waals surface area contributed by atoms with E-state index in [9.17, 15) is 0 Å². The maximum absolute atomic E-state index is 4.45. The van der Waals surface area contributed by atoms with Crippen LogP contribution in [0.5, 0.6) is 0 Å². The minimum atomic E-state index is 0.601. The van der Waals surface area contributed by atoms with Gasteiger partial charge in [0.2, 0.25) is 0 Å². The number of hydrogen-bond donors (Lipinski definition) is 1. The molecular formula is C20H40NS. The maximum atomic E-state index is 4.45. The van der Waals surface area contributed by atoms with Crippen molar-refractivity contribution in [2.75, 3.05) is 19.3 Å². The van der Waals surface area contributed by atoms with Crippen molar-refractivity contribution in [1.29, 1.82) is 0 Å². The predicted molar refractivity (Wildman–Crippen MR) is 106 cm³/mol. The van der Waals surface area contributed by atoms with Gasteiger partial charge in [-0.05, 0) is 52.6 Å². The fraction of sp³-hybridized carbons (Fsp3) is 0.850. The first-order valence-corrected chi connectivity index (χ1v) is 10.1. The van der Waals surface area contributed by atoms with E-state index in [1.165, 1.54) is 77.0 Å². The summed E-state index contributed by atoms with van der Waals surface area (Å²) in [6.45, 7) is 7.11. The Morgan fingerprint density at radius 2 is 1.45 bits per heavy atom. The second-order valence-electron chi connectivity index (χ2n) is 6.48. The normalized spacial score (nSPS) is 13.3. The average molecular weight is 327 g/mol. The Labute approximate surface area is 146 Å². The molecule has 1 nitrogen and oxygen atoms in total. The number of thiol groups is 1. The zero-order valence-corrected chi connectivity index (χ0v) is 16.1. The van der Waals surface area contributed by atoms with Crippen molar-refractivity contribution in [2.24, 2.45) is 0 Å². The van der Waals surface area contributed by atoms with Crippen LogP contribution < -0.4 is 0 Å². The van der Waals surface area contributed by atoms with Gasteiger partial charge >= 0.3 is 0 Å². The molecule has 0 amide bonds. The summed E-state index contributed by atoms with van der Waals surface area (Å²) in [5.41, 5.74) is 0. The lowest BCUT2D eigenvalue weighted by molar-refractivity contribution is 0.269. The number of unbranched alkanes of at least 4 members (excludes halogenated alkanes) is 9. The maximum Gasteiger partial charge on any atom is 0.0180 e. The van der Waals surface area contributed by atoms with E-state index in [1.54, 1.807) is 0 Å². The second kappa shape index (κ2) is 17.4. The van der Waals surface area contributed by atoms with Crippen molar-refractivity contribution in [3.63, 3.8) is 0 Å². The van der Waals surface area contributed by atoms with Gasteiger partial charge < -0.3 is 4.90 Å². The van der Waals surface area contributed by atoms with E-state index in [-0.39, 0.29) is 0 Å². The van der Waals surface area contributed by atoms with Gasteiger partial charge in [0.05, 0.1) is 0 Å². The minimum Gasteiger partial charge on any atom is -0.303 e. The highest BCUT2D eigenvalue weighted by molar-refractivity contribution is 7.80. The molecule has 0 aromatic carbocycles. The summed E-state index contributed by atoms with van der Waals surface area (Å²) < 4.78 is 0. The quantitative estimate of drug-likeness (QED) is 0.198. The van der Waals surface area contributed by atoms with Gasteiger partial charge in [-0.25, -0.2) is 0 Å².